The lowest BCUT2D eigenvalue weighted by molar-refractivity contribution is -0.0466. The van der Waals surface area contributed by atoms with Crippen LogP contribution < -0.4 is 5.73 Å². The summed E-state index contributed by atoms with van der Waals surface area (Å²) in [5.41, 5.74) is 6.01. The summed E-state index contributed by atoms with van der Waals surface area (Å²) in [5.74, 6) is 0.639. The predicted octanol–water partition coefficient (Wildman–Crippen LogP) is 0.196. The molecule has 0 aliphatic carbocycles. The topological polar surface area (TPSA) is 136 Å². The van der Waals surface area contributed by atoms with Crippen molar-refractivity contribution in [1.82, 2.24) is 19.5 Å². The van der Waals surface area contributed by atoms with E-state index in [-0.39, 0.29) is 12.4 Å². The number of nitrogen functional groups attached to an aromatic ring is 1. The Morgan fingerprint density at radius 1 is 1.50 bits per heavy atom. The van der Waals surface area contributed by atoms with Crippen molar-refractivity contribution in [1.29, 1.82) is 0 Å². The van der Waals surface area contributed by atoms with Crippen molar-refractivity contribution in [3.05, 3.63) is 12.7 Å². The number of hydrogen-bond donors (Lipinski definition) is 3. The van der Waals surface area contributed by atoms with Crippen LogP contribution in [0.25, 0.3) is 11.5 Å². The summed E-state index contributed by atoms with van der Waals surface area (Å²) in [6.45, 7) is 1.55. The van der Waals surface area contributed by atoms with E-state index in [1.54, 1.807) is 0 Å². The minimum atomic E-state index is -4.92. The average molecular weight is 305 g/mol. The zero-order chi connectivity index (χ0) is 14.9. The van der Waals surface area contributed by atoms with Crippen molar-refractivity contribution in [2.75, 3.05) is 5.73 Å². The lowest BCUT2D eigenvalue weighted by atomic mass is 10.3. The largest absolute Gasteiger partial charge is 0.386 e. The van der Waals surface area contributed by atoms with E-state index in [0.717, 1.165) is 0 Å². The molecule has 0 aromatic rings. The zero-order valence-corrected chi connectivity index (χ0v) is 11.3. The number of aromatic nitrogens is 4. The second-order valence-electron chi connectivity index (χ2n) is 4.16. The fraction of sp³-hybridized carbons (Fsp3) is 0.444. The Labute approximate surface area is 113 Å². The van der Waals surface area contributed by atoms with Crippen LogP contribution in [0.1, 0.15) is 6.92 Å². The first-order valence-corrected chi connectivity index (χ1v) is 7.23. The number of fused-ring (bicyclic) bond motifs is 1. The fourth-order valence-electron chi connectivity index (χ4n) is 1.62. The quantitative estimate of drug-likeness (QED) is 0.666. The average Bonchev–Trinajstić information content (AvgIpc) is 2.81. The van der Waals surface area contributed by atoms with Gasteiger partial charge < -0.3 is 24.8 Å². The van der Waals surface area contributed by atoms with Crippen LogP contribution in [0.5, 0.6) is 0 Å². The van der Waals surface area contributed by atoms with E-state index >= 15 is 0 Å². The van der Waals surface area contributed by atoms with Crippen LogP contribution >= 0.6 is 7.60 Å². The van der Waals surface area contributed by atoms with Gasteiger partial charge in [-0.1, -0.05) is 0 Å². The van der Waals surface area contributed by atoms with Gasteiger partial charge in [0.2, 0.25) is 0 Å². The van der Waals surface area contributed by atoms with Gasteiger partial charge in [-0.25, -0.2) is 19.3 Å². The highest BCUT2D eigenvalue weighted by Crippen LogP contribution is 2.43. The Balaban J connectivity index is 2.11. The molecule has 2 heterocycles. The van der Waals surface area contributed by atoms with Crippen LogP contribution in [0.4, 0.5) is 10.2 Å². The zero-order valence-electron chi connectivity index (χ0n) is 10.4. The Kier molecular flexibility index (Phi) is 4.00. The molecular weight excluding hydrogens is 292 g/mol. The number of imidazole rings is 1. The Bertz CT molecular complexity index is 616. The molecule has 0 aromatic carbocycles. The van der Waals surface area contributed by atoms with Crippen LogP contribution in [0.15, 0.2) is 12.7 Å². The molecule has 0 aromatic heterocycles. The normalized spacial score (nSPS) is 15.4. The molecule has 0 bridgehead atoms. The minimum Gasteiger partial charge on any atom is -0.382 e. The van der Waals surface area contributed by atoms with E-state index in [0.29, 0.717) is 11.5 Å². The van der Waals surface area contributed by atoms with Gasteiger partial charge >= 0.3 is 13.7 Å². The summed E-state index contributed by atoms with van der Waals surface area (Å²) in [7, 11) is -4.92. The van der Waals surface area contributed by atoms with Gasteiger partial charge in [0, 0.05) is 0 Å². The molecule has 2 aliphatic heterocycles. The summed E-state index contributed by atoms with van der Waals surface area (Å²) < 4.78 is 29.9. The van der Waals surface area contributed by atoms with Crippen molar-refractivity contribution in [3.63, 3.8) is 0 Å². The number of halogens is 1. The summed E-state index contributed by atoms with van der Waals surface area (Å²) in [6, 6.07) is 0. The van der Waals surface area contributed by atoms with E-state index in [9.17, 15) is 8.96 Å². The third kappa shape index (κ3) is 3.10. The summed E-state index contributed by atoms with van der Waals surface area (Å²) in [5, 5.41) is 0. The van der Waals surface area contributed by atoms with Crippen LogP contribution in [-0.2, 0) is 15.8 Å². The van der Waals surface area contributed by atoms with Crippen LogP contribution in [-0.4, -0.2) is 41.5 Å². The number of hydrogen-bond acceptors (Lipinski definition) is 6. The monoisotopic (exact) mass is 305 g/mol. The molecule has 0 saturated carbocycles. The predicted molar refractivity (Wildman–Crippen MR) is 66.3 cm³/mol. The lowest BCUT2D eigenvalue weighted by Crippen LogP contribution is -2.23. The van der Waals surface area contributed by atoms with Crippen molar-refractivity contribution < 1.29 is 23.5 Å². The molecule has 20 heavy (non-hydrogen) atoms. The second-order valence-corrected chi connectivity index (χ2v) is 5.74. The van der Waals surface area contributed by atoms with Crippen LogP contribution in [0, 0.1) is 0 Å². The highest BCUT2D eigenvalue weighted by molar-refractivity contribution is 7.52. The highest BCUT2D eigenvalue weighted by Gasteiger charge is 2.31. The first kappa shape index (κ1) is 14.8. The number of nitrogens with two attached hydrogens (primary N) is 1. The van der Waals surface area contributed by atoms with Gasteiger partial charge in [0.15, 0.2) is 11.6 Å². The Hall–Kier alpha value is -1.61. The Morgan fingerprint density at radius 3 is 2.85 bits per heavy atom. The van der Waals surface area contributed by atoms with Crippen molar-refractivity contribution >= 4 is 13.4 Å². The van der Waals surface area contributed by atoms with E-state index in [2.05, 4.69) is 19.7 Å². The molecular formula is C9H13FN5O4P. The Morgan fingerprint density at radius 2 is 2.20 bits per heavy atom. The third-order valence-electron chi connectivity index (χ3n) is 2.49. The molecule has 2 rings (SSSR count). The molecule has 110 valence electrons. The molecule has 2 aliphatic rings. The number of ether oxygens (including phenoxy) is 1. The molecule has 0 amide bonds. The van der Waals surface area contributed by atoms with Crippen LogP contribution in [0.3, 0.4) is 0 Å². The van der Waals surface area contributed by atoms with Crippen molar-refractivity contribution in [3.8, 4) is 11.5 Å². The van der Waals surface area contributed by atoms with Gasteiger partial charge in [0.25, 0.3) is 0 Å². The molecule has 2 unspecified atom stereocenters. The number of nitrogens with zero attached hydrogens (tertiary/aromatic N) is 4. The molecule has 0 radical (unpaired) electrons. The van der Waals surface area contributed by atoms with E-state index in [1.165, 1.54) is 24.1 Å². The van der Waals surface area contributed by atoms with Crippen LogP contribution in [0.2, 0.25) is 0 Å². The van der Waals surface area contributed by atoms with Gasteiger partial charge in [-0.15, -0.1) is 0 Å². The highest BCUT2D eigenvalue weighted by atomic mass is 31.2. The molecule has 0 fully saturated rings. The maximum atomic E-state index is 13.1. The molecule has 4 N–H and O–H groups in total. The summed E-state index contributed by atoms with van der Waals surface area (Å²) in [6.07, 6.45) is -0.802. The van der Waals surface area contributed by atoms with E-state index in [4.69, 9.17) is 15.5 Å². The molecule has 0 saturated heterocycles. The SMILES string of the molecule is CC(Cn1cnc(N)c2ncnc1-2)OC(F)P(=O)(O)O. The van der Waals surface area contributed by atoms with Crippen molar-refractivity contribution in [2.24, 2.45) is 0 Å². The van der Waals surface area contributed by atoms with Gasteiger partial charge in [-0.2, -0.15) is 0 Å². The maximum Gasteiger partial charge on any atom is 0.386 e. The maximum absolute atomic E-state index is 13.1. The van der Waals surface area contributed by atoms with E-state index in [1.807, 2.05) is 0 Å². The summed E-state index contributed by atoms with van der Waals surface area (Å²) in [4.78, 5) is 29.1. The van der Waals surface area contributed by atoms with Gasteiger partial charge in [0.1, 0.15) is 12.0 Å². The number of anilines is 1. The number of alkyl halides is 1. The fourth-order valence-corrected chi connectivity index (χ4v) is 1.99. The smallest absolute Gasteiger partial charge is 0.382 e. The standard InChI is InChI=1S/C9H13FN5O4P/c1-5(19-9(10)20(16,17)18)2-15-4-14-7(11)6-8(15)13-3-12-6/h3-5,9H,2,11H2,1H3,(H2,16,17,18). The van der Waals surface area contributed by atoms with Gasteiger partial charge in [0.05, 0.1) is 19.0 Å². The molecule has 2 atom stereocenters. The molecule has 11 heteroatoms. The minimum absolute atomic E-state index is 0.0862. The van der Waals surface area contributed by atoms with Gasteiger partial charge in [-0.3, -0.25) is 4.57 Å². The lowest BCUT2D eigenvalue weighted by Gasteiger charge is -2.19. The van der Waals surface area contributed by atoms with Gasteiger partial charge in [-0.05, 0) is 6.92 Å². The molecule has 9 nitrogen and oxygen atoms in total. The van der Waals surface area contributed by atoms with Crippen molar-refractivity contribution in [2.45, 2.75) is 25.7 Å². The summed E-state index contributed by atoms with van der Waals surface area (Å²) >= 11 is 0. The van der Waals surface area contributed by atoms with E-state index < -0.39 is 19.8 Å². The molecule has 0 spiro atoms. The first-order chi connectivity index (χ1) is 9.29. The third-order valence-corrected chi connectivity index (χ3v) is 3.14. The number of rotatable bonds is 5. The second kappa shape index (κ2) is 5.41. The first-order valence-electron chi connectivity index (χ1n) is 5.55.